The van der Waals surface area contributed by atoms with Gasteiger partial charge in [-0.25, -0.2) is 0 Å². The number of rotatable bonds is 8. The molecule has 33 heavy (non-hydrogen) atoms. The zero-order valence-corrected chi connectivity index (χ0v) is 18.9. The number of hydrogen-bond acceptors (Lipinski definition) is 5. The van der Waals surface area contributed by atoms with Gasteiger partial charge >= 0.3 is 0 Å². The van der Waals surface area contributed by atoms with Crippen molar-refractivity contribution in [2.45, 2.75) is 25.3 Å². The summed E-state index contributed by atoms with van der Waals surface area (Å²) in [5.74, 6) is 0.211. The first kappa shape index (κ1) is 21.2. The van der Waals surface area contributed by atoms with Crippen LogP contribution < -0.4 is 0 Å². The van der Waals surface area contributed by atoms with Gasteiger partial charge in [0.2, 0.25) is 0 Å². The minimum atomic E-state index is 0.0505. The molecule has 1 aliphatic rings. The molecule has 0 saturated heterocycles. The van der Waals surface area contributed by atoms with Crippen molar-refractivity contribution in [3.05, 3.63) is 94.9 Å². The molecule has 1 aliphatic heterocycles. The van der Waals surface area contributed by atoms with Crippen LogP contribution in [0.5, 0.6) is 0 Å². The van der Waals surface area contributed by atoms with Crippen LogP contribution >= 0.6 is 0 Å². The Morgan fingerprint density at radius 1 is 1.15 bits per heavy atom. The maximum atomic E-state index is 12.9. The molecule has 0 N–H and O–H groups in total. The molecule has 0 saturated carbocycles. The largest absolute Gasteiger partial charge is 0.384 e. The van der Waals surface area contributed by atoms with Crippen molar-refractivity contribution in [2.24, 2.45) is 12.0 Å². The highest BCUT2D eigenvalue weighted by Crippen LogP contribution is 2.26. The molecule has 2 aromatic heterocycles. The van der Waals surface area contributed by atoms with Gasteiger partial charge in [0.05, 0.1) is 24.4 Å². The van der Waals surface area contributed by atoms with Gasteiger partial charge in [-0.2, -0.15) is 5.10 Å². The first-order chi connectivity index (χ1) is 16.1. The highest BCUT2D eigenvalue weighted by atomic mass is 16.5. The van der Waals surface area contributed by atoms with Gasteiger partial charge in [0.25, 0.3) is 0 Å². The lowest BCUT2D eigenvalue weighted by molar-refractivity contribution is -0.119. The summed E-state index contributed by atoms with van der Waals surface area (Å²) < 4.78 is 7.18. The van der Waals surface area contributed by atoms with Crippen LogP contribution in [0.25, 0.3) is 10.9 Å². The lowest BCUT2D eigenvalue weighted by Gasteiger charge is -2.15. The molecule has 6 heteroatoms. The van der Waals surface area contributed by atoms with Gasteiger partial charge in [0, 0.05) is 67.5 Å². The van der Waals surface area contributed by atoms with Crippen LogP contribution in [0.4, 0.5) is 0 Å². The highest BCUT2D eigenvalue weighted by Gasteiger charge is 2.21. The van der Waals surface area contributed by atoms with Gasteiger partial charge in [-0.1, -0.05) is 42.5 Å². The van der Waals surface area contributed by atoms with Crippen molar-refractivity contribution in [3.8, 4) is 0 Å². The molecule has 0 amide bonds. The molecule has 0 aliphatic carbocycles. The second kappa shape index (κ2) is 9.08. The molecular weight excluding hydrogens is 412 g/mol. The van der Waals surface area contributed by atoms with Crippen molar-refractivity contribution < 1.29 is 9.53 Å². The molecule has 6 nitrogen and oxygen atoms in total. The number of methoxy groups -OCH3 is 1. The topological polar surface area (TPSA) is 69.4 Å². The van der Waals surface area contributed by atoms with Crippen molar-refractivity contribution in [3.63, 3.8) is 0 Å². The fourth-order valence-electron chi connectivity index (χ4n) is 4.52. The van der Waals surface area contributed by atoms with Crippen LogP contribution in [-0.2, 0) is 29.5 Å². The van der Waals surface area contributed by atoms with Crippen LogP contribution in [0, 0.1) is 0 Å². The predicted octanol–water partition coefficient (Wildman–Crippen LogP) is 4.25. The summed E-state index contributed by atoms with van der Waals surface area (Å²) in [6.07, 6.45) is 4.61. The Kier molecular flexibility index (Phi) is 5.84. The standard InChI is InChI=1S/C27H26N4O2/c1-31-16-20-9-8-19(12-26(20)30-31)27-25-15-28-23(10-21(25)14-29-27)13-24(32)11-22(17-33-2)18-6-4-3-5-7-18/h3-10,12,15-16,22H,11,13-14,17H2,1-2H3/t22-/m1/s1. The van der Waals surface area contributed by atoms with Crippen LogP contribution in [0.3, 0.4) is 0 Å². The monoisotopic (exact) mass is 438 g/mol. The third kappa shape index (κ3) is 4.47. The second-order valence-electron chi connectivity index (χ2n) is 8.56. The first-order valence-corrected chi connectivity index (χ1v) is 11.1. The van der Waals surface area contributed by atoms with E-state index in [1.165, 1.54) is 0 Å². The van der Waals surface area contributed by atoms with E-state index < -0.39 is 0 Å². The Morgan fingerprint density at radius 2 is 2.00 bits per heavy atom. The van der Waals surface area contributed by atoms with Gasteiger partial charge in [0.15, 0.2) is 0 Å². The number of pyridine rings is 1. The van der Waals surface area contributed by atoms with Gasteiger partial charge in [-0.15, -0.1) is 0 Å². The molecule has 0 radical (unpaired) electrons. The number of aliphatic imine (C=N–C) groups is 1. The molecule has 2 aromatic carbocycles. The van der Waals surface area contributed by atoms with Crippen LogP contribution in [0.1, 0.15) is 40.3 Å². The van der Waals surface area contributed by atoms with Crippen LogP contribution in [-0.4, -0.2) is 40.0 Å². The van der Waals surface area contributed by atoms with E-state index in [0.29, 0.717) is 26.0 Å². The number of benzene rings is 2. The fourth-order valence-corrected chi connectivity index (χ4v) is 4.52. The summed E-state index contributed by atoms with van der Waals surface area (Å²) in [5.41, 5.74) is 6.98. The van der Waals surface area contributed by atoms with Crippen LogP contribution in [0.2, 0.25) is 0 Å². The lowest BCUT2D eigenvalue weighted by atomic mass is 9.93. The van der Waals surface area contributed by atoms with E-state index in [1.54, 1.807) is 7.11 Å². The van der Waals surface area contributed by atoms with Crippen molar-refractivity contribution >= 4 is 22.4 Å². The number of Topliss-reactive ketones (excluding diaryl/α,β-unsaturated/α-hetero) is 1. The summed E-state index contributed by atoms with van der Waals surface area (Å²) in [6, 6.07) is 18.3. The van der Waals surface area contributed by atoms with Crippen molar-refractivity contribution in [2.75, 3.05) is 13.7 Å². The van der Waals surface area contributed by atoms with E-state index in [4.69, 9.17) is 9.73 Å². The minimum Gasteiger partial charge on any atom is -0.384 e. The third-order valence-corrected chi connectivity index (χ3v) is 6.10. The molecule has 1 atom stereocenters. The zero-order valence-electron chi connectivity index (χ0n) is 18.9. The van der Waals surface area contributed by atoms with E-state index in [-0.39, 0.29) is 11.7 Å². The number of aromatic nitrogens is 3. The lowest BCUT2D eigenvalue weighted by Crippen LogP contribution is -2.14. The van der Waals surface area contributed by atoms with Crippen molar-refractivity contribution in [1.82, 2.24) is 14.8 Å². The van der Waals surface area contributed by atoms with Gasteiger partial charge < -0.3 is 4.74 Å². The molecule has 0 fully saturated rings. The Bertz CT molecular complexity index is 1340. The van der Waals surface area contributed by atoms with E-state index in [2.05, 4.69) is 28.3 Å². The maximum Gasteiger partial charge on any atom is 0.139 e. The van der Waals surface area contributed by atoms with Crippen LogP contribution in [0.15, 0.2) is 72.0 Å². The summed E-state index contributed by atoms with van der Waals surface area (Å²) in [7, 11) is 3.60. The molecular formula is C27H26N4O2. The quantitative estimate of drug-likeness (QED) is 0.412. The Morgan fingerprint density at radius 3 is 2.82 bits per heavy atom. The summed E-state index contributed by atoms with van der Waals surface area (Å²) >= 11 is 0. The number of ketones is 1. The van der Waals surface area contributed by atoms with Crippen molar-refractivity contribution in [1.29, 1.82) is 0 Å². The van der Waals surface area contributed by atoms with E-state index in [9.17, 15) is 4.79 Å². The summed E-state index contributed by atoms with van der Waals surface area (Å²) in [6.45, 7) is 1.12. The number of carbonyl (C=O) groups is 1. The number of fused-ring (bicyclic) bond motifs is 2. The summed E-state index contributed by atoms with van der Waals surface area (Å²) in [4.78, 5) is 22.2. The van der Waals surface area contributed by atoms with E-state index in [0.717, 1.165) is 44.6 Å². The Hall–Kier alpha value is -3.64. The molecule has 5 rings (SSSR count). The Balaban J connectivity index is 1.30. The van der Waals surface area contributed by atoms with E-state index >= 15 is 0 Å². The molecule has 4 aromatic rings. The van der Waals surface area contributed by atoms with E-state index in [1.807, 2.05) is 60.5 Å². The fraction of sp³-hybridized carbons (Fsp3) is 0.259. The SMILES string of the molecule is COC[C@@H](CC(=O)Cc1cc2c(cn1)C(c1ccc3cn(C)nc3c1)=NC2)c1ccccc1. The number of ether oxygens (including phenoxy) is 1. The number of carbonyl (C=O) groups excluding carboxylic acids is 1. The third-order valence-electron chi connectivity index (χ3n) is 6.10. The summed E-state index contributed by atoms with van der Waals surface area (Å²) in [5, 5.41) is 5.61. The molecule has 0 spiro atoms. The number of hydrogen-bond donors (Lipinski definition) is 0. The smallest absolute Gasteiger partial charge is 0.139 e. The molecule has 166 valence electrons. The predicted molar refractivity (Wildman–Crippen MR) is 129 cm³/mol. The van der Waals surface area contributed by atoms with Gasteiger partial charge in [-0.3, -0.25) is 19.5 Å². The normalized spacial score (nSPS) is 13.7. The minimum absolute atomic E-state index is 0.0505. The maximum absolute atomic E-state index is 12.9. The number of nitrogens with zero attached hydrogens (tertiary/aromatic N) is 4. The average Bonchev–Trinajstić information content (AvgIpc) is 3.40. The van der Waals surface area contributed by atoms with Gasteiger partial charge in [-0.05, 0) is 23.3 Å². The van der Waals surface area contributed by atoms with Gasteiger partial charge in [0.1, 0.15) is 5.78 Å². The first-order valence-electron chi connectivity index (χ1n) is 11.1. The average molecular weight is 439 g/mol. The second-order valence-corrected chi connectivity index (χ2v) is 8.56. The molecule has 0 unspecified atom stereocenters. The highest BCUT2D eigenvalue weighted by molar-refractivity contribution is 6.16. The molecule has 3 heterocycles. The number of aryl methyl sites for hydroxylation is 1. The molecule has 0 bridgehead atoms. The zero-order chi connectivity index (χ0) is 22.8. The Labute approximate surface area is 193 Å².